The maximum atomic E-state index is 12.3. The average Bonchev–Trinajstić information content (AvgIpc) is 2.86. The van der Waals surface area contributed by atoms with Crippen molar-refractivity contribution in [2.24, 2.45) is 0 Å². The van der Waals surface area contributed by atoms with Gasteiger partial charge in [-0.1, -0.05) is 13.8 Å². The molecule has 1 aromatic carbocycles. The Hall–Kier alpha value is -2.11. The zero-order chi connectivity index (χ0) is 15.6. The number of rotatable bonds is 4. The minimum Gasteiger partial charge on any atom is -0.398 e. The van der Waals surface area contributed by atoms with E-state index in [4.69, 9.17) is 11.0 Å². The van der Waals surface area contributed by atoms with Crippen molar-refractivity contribution >= 4 is 32.2 Å². The highest BCUT2D eigenvalue weighted by molar-refractivity contribution is 7.93. The van der Waals surface area contributed by atoms with Crippen LogP contribution in [0.2, 0.25) is 0 Å². The van der Waals surface area contributed by atoms with Crippen LogP contribution in [0.15, 0.2) is 28.5 Å². The number of aromatic nitrogens is 1. The first kappa shape index (κ1) is 15.3. The lowest BCUT2D eigenvalue weighted by Gasteiger charge is -2.08. The summed E-state index contributed by atoms with van der Waals surface area (Å²) in [7, 11) is -3.82. The van der Waals surface area contributed by atoms with Crippen LogP contribution in [0, 0.1) is 11.3 Å². The first-order chi connectivity index (χ1) is 9.83. The van der Waals surface area contributed by atoms with Crippen LogP contribution in [-0.4, -0.2) is 13.4 Å². The molecule has 0 amide bonds. The van der Waals surface area contributed by atoms with Crippen molar-refractivity contribution in [3.63, 3.8) is 0 Å². The third-order valence-corrected chi connectivity index (χ3v) is 5.08. The van der Waals surface area contributed by atoms with Gasteiger partial charge in [0.2, 0.25) is 0 Å². The molecule has 6 nitrogen and oxygen atoms in total. The van der Waals surface area contributed by atoms with E-state index in [0.29, 0.717) is 10.7 Å². The van der Waals surface area contributed by atoms with E-state index in [-0.39, 0.29) is 16.5 Å². The number of hydrogen-bond acceptors (Lipinski definition) is 6. The van der Waals surface area contributed by atoms with Gasteiger partial charge in [-0.05, 0) is 24.1 Å². The number of benzene rings is 1. The lowest BCUT2D eigenvalue weighted by atomic mass is 10.2. The van der Waals surface area contributed by atoms with E-state index in [2.05, 4.69) is 9.71 Å². The molecule has 0 radical (unpaired) electrons. The maximum Gasteiger partial charge on any atom is 0.265 e. The Morgan fingerprint density at radius 1 is 1.43 bits per heavy atom. The van der Waals surface area contributed by atoms with Gasteiger partial charge in [-0.2, -0.15) is 5.26 Å². The fourth-order valence-electron chi connectivity index (χ4n) is 1.63. The van der Waals surface area contributed by atoms with Crippen LogP contribution in [0.1, 0.15) is 31.0 Å². The molecule has 1 aromatic heterocycles. The van der Waals surface area contributed by atoms with Crippen LogP contribution in [0.3, 0.4) is 0 Å². The molecule has 8 heteroatoms. The summed E-state index contributed by atoms with van der Waals surface area (Å²) in [6.07, 6.45) is 0. The van der Waals surface area contributed by atoms with E-state index >= 15 is 0 Å². The second kappa shape index (κ2) is 5.71. The molecule has 0 saturated carbocycles. The van der Waals surface area contributed by atoms with Crippen molar-refractivity contribution < 1.29 is 8.42 Å². The summed E-state index contributed by atoms with van der Waals surface area (Å²) >= 11 is 1.22. The molecule has 0 unspecified atom stereocenters. The summed E-state index contributed by atoms with van der Waals surface area (Å²) < 4.78 is 27.0. The zero-order valence-electron chi connectivity index (χ0n) is 11.5. The van der Waals surface area contributed by atoms with Gasteiger partial charge in [0.1, 0.15) is 4.90 Å². The molecule has 0 aliphatic rings. The Morgan fingerprint density at radius 2 is 2.14 bits per heavy atom. The first-order valence-electron chi connectivity index (χ1n) is 6.11. The Labute approximate surface area is 127 Å². The highest BCUT2D eigenvalue weighted by atomic mass is 32.2. The maximum absolute atomic E-state index is 12.3. The van der Waals surface area contributed by atoms with Crippen LogP contribution in [-0.2, 0) is 10.0 Å². The molecule has 1 heterocycles. The Balaban J connectivity index is 2.32. The van der Waals surface area contributed by atoms with E-state index in [0.717, 1.165) is 5.69 Å². The number of nitriles is 1. The van der Waals surface area contributed by atoms with E-state index < -0.39 is 10.0 Å². The van der Waals surface area contributed by atoms with Crippen molar-refractivity contribution in [2.75, 3.05) is 10.5 Å². The minimum atomic E-state index is -3.82. The smallest absolute Gasteiger partial charge is 0.265 e. The van der Waals surface area contributed by atoms with Crippen LogP contribution in [0.4, 0.5) is 10.8 Å². The molecule has 0 spiro atoms. The fourth-order valence-corrected chi connectivity index (χ4v) is 3.87. The number of sulfonamides is 1. The molecule has 0 atom stereocenters. The number of nitrogens with two attached hydrogens (primary N) is 1. The molecule has 0 aliphatic heterocycles. The molecule has 2 rings (SSSR count). The zero-order valence-corrected chi connectivity index (χ0v) is 13.1. The van der Waals surface area contributed by atoms with Crippen LogP contribution in [0.5, 0.6) is 0 Å². The molecule has 3 N–H and O–H groups in total. The standard InChI is InChI=1S/C13H14N4O2S2/c1-8(2)11-7-20-13(16-11)17-21(18,19)12-4-3-9(6-14)5-10(12)15/h3-5,7-8H,15H2,1-2H3,(H,16,17). The van der Waals surface area contributed by atoms with E-state index in [1.54, 1.807) is 0 Å². The largest absolute Gasteiger partial charge is 0.398 e. The average molecular weight is 322 g/mol. The van der Waals surface area contributed by atoms with Gasteiger partial charge >= 0.3 is 0 Å². The molecule has 0 fully saturated rings. The van der Waals surface area contributed by atoms with Crippen molar-refractivity contribution in [2.45, 2.75) is 24.7 Å². The highest BCUT2D eigenvalue weighted by Gasteiger charge is 2.19. The Kier molecular flexibility index (Phi) is 4.16. The van der Waals surface area contributed by atoms with Gasteiger partial charge in [-0.15, -0.1) is 11.3 Å². The number of thiazole rings is 1. The normalized spacial score (nSPS) is 11.3. The monoisotopic (exact) mass is 322 g/mol. The third-order valence-electron chi connectivity index (χ3n) is 2.76. The quantitative estimate of drug-likeness (QED) is 0.841. The van der Waals surface area contributed by atoms with E-state index in [1.807, 2.05) is 25.3 Å². The number of nitrogen functional groups attached to an aromatic ring is 1. The summed E-state index contributed by atoms with van der Waals surface area (Å²) in [5.41, 5.74) is 6.87. The summed E-state index contributed by atoms with van der Waals surface area (Å²) in [4.78, 5) is 4.15. The van der Waals surface area contributed by atoms with Crippen molar-refractivity contribution in [3.05, 3.63) is 34.8 Å². The van der Waals surface area contributed by atoms with Gasteiger partial charge in [-0.3, -0.25) is 4.72 Å². The molecular formula is C13H14N4O2S2. The highest BCUT2D eigenvalue weighted by Crippen LogP contribution is 2.26. The predicted molar refractivity (Wildman–Crippen MR) is 82.6 cm³/mol. The third kappa shape index (κ3) is 3.32. The van der Waals surface area contributed by atoms with Gasteiger partial charge in [0.15, 0.2) is 5.13 Å². The molecule has 0 aliphatic carbocycles. The SMILES string of the molecule is CC(C)c1csc(NS(=O)(=O)c2ccc(C#N)cc2N)n1. The van der Waals surface area contributed by atoms with Gasteiger partial charge in [0, 0.05) is 5.38 Å². The first-order valence-corrected chi connectivity index (χ1v) is 8.47. The summed E-state index contributed by atoms with van der Waals surface area (Å²) in [6.45, 7) is 3.96. The number of nitrogens with zero attached hydrogens (tertiary/aromatic N) is 2. The van der Waals surface area contributed by atoms with Gasteiger partial charge in [-0.25, -0.2) is 13.4 Å². The molecule has 21 heavy (non-hydrogen) atoms. The van der Waals surface area contributed by atoms with Gasteiger partial charge < -0.3 is 5.73 Å². The molecule has 0 bridgehead atoms. The van der Waals surface area contributed by atoms with Crippen molar-refractivity contribution in [1.82, 2.24) is 4.98 Å². The Bertz CT molecular complexity index is 804. The summed E-state index contributed by atoms with van der Waals surface area (Å²) in [6, 6.07) is 5.96. The number of hydrogen-bond donors (Lipinski definition) is 2. The minimum absolute atomic E-state index is 0.0298. The van der Waals surface area contributed by atoms with E-state index in [9.17, 15) is 8.42 Å². The fraction of sp³-hybridized carbons (Fsp3) is 0.231. The number of nitrogens with one attached hydrogen (secondary N) is 1. The lowest BCUT2D eigenvalue weighted by molar-refractivity contribution is 0.601. The summed E-state index contributed by atoms with van der Waals surface area (Å²) in [5.74, 6) is 0.222. The van der Waals surface area contributed by atoms with Crippen LogP contribution >= 0.6 is 11.3 Å². The molecule has 0 saturated heterocycles. The molecule has 2 aromatic rings. The number of anilines is 2. The van der Waals surface area contributed by atoms with Crippen molar-refractivity contribution in [3.8, 4) is 6.07 Å². The van der Waals surface area contributed by atoms with Gasteiger partial charge in [0.25, 0.3) is 10.0 Å². The van der Waals surface area contributed by atoms with Crippen LogP contribution < -0.4 is 10.5 Å². The van der Waals surface area contributed by atoms with Gasteiger partial charge in [0.05, 0.1) is 23.0 Å². The molecule has 110 valence electrons. The second-order valence-electron chi connectivity index (χ2n) is 4.70. The second-order valence-corrected chi connectivity index (χ2v) is 7.21. The van der Waals surface area contributed by atoms with Crippen molar-refractivity contribution in [1.29, 1.82) is 5.26 Å². The molecular weight excluding hydrogens is 308 g/mol. The topological polar surface area (TPSA) is 109 Å². The lowest BCUT2D eigenvalue weighted by Crippen LogP contribution is -2.15. The van der Waals surface area contributed by atoms with Crippen LogP contribution in [0.25, 0.3) is 0 Å². The summed E-state index contributed by atoms with van der Waals surface area (Å²) in [5, 5.41) is 10.9. The Morgan fingerprint density at radius 3 is 2.67 bits per heavy atom. The predicted octanol–water partition coefficient (Wildman–Crippen LogP) is 2.52. The van der Waals surface area contributed by atoms with E-state index in [1.165, 1.54) is 29.5 Å².